The Labute approximate surface area is 161 Å². The average molecular weight is 368 g/mol. The molecule has 27 heavy (non-hydrogen) atoms. The normalized spacial score (nSPS) is 18.2. The summed E-state index contributed by atoms with van der Waals surface area (Å²) in [5.41, 5.74) is 2.92. The van der Waals surface area contributed by atoms with Crippen LogP contribution in [0.3, 0.4) is 0 Å². The highest BCUT2D eigenvalue weighted by Crippen LogP contribution is 2.24. The largest absolute Gasteiger partial charge is 0.371 e. The van der Waals surface area contributed by atoms with Crippen LogP contribution in [-0.4, -0.2) is 19.0 Å². The quantitative estimate of drug-likeness (QED) is 0.789. The van der Waals surface area contributed by atoms with Gasteiger partial charge in [-0.15, -0.1) is 0 Å². The van der Waals surface area contributed by atoms with E-state index < -0.39 is 0 Å². The lowest BCUT2D eigenvalue weighted by Crippen LogP contribution is -2.34. The Kier molecular flexibility index (Phi) is 6.49. The van der Waals surface area contributed by atoms with Crippen molar-refractivity contribution in [3.63, 3.8) is 0 Å². The lowest BCUT2D eigenvalue weighted by atomic mass is 9.99. The maximum absolute atomic E-state index is 13.6. The smallest absolute Gasteiger partial charge is 0.220 e. The maximum Gasteiger partial charge on any atom is 0.220 e. The number of amides is 1. The van der Waals surface area contributed by atoms with Gasteiger partial charge in [0.05, 0.1) is 6.04 Å². The first-order valence-corrected chi connectivity index (χ1v) is 9.90. The second-order valence-corrected chi connectivity index (χ2v) is 7.67. The number of carbonyl (C=O) groups is 1. The molecule has 0 aliphatic carbocycles. The average Bonchev–Trinajstić information content (AvgIpc) is 2.67. The van der Waals surface area contributed by atoms with Crippen LogP contribution in [-0.2, 0) is 11.2 Å². The molecule has 0 aromatic heterocycles. The van der Waals surface area contributed by atoms with Crippen LogP contribution in [0.2, 0.25) is 0 Å². The Morgan fingerprint density at radius 3 is 2.67 bits per heavy atom. The van der Waals surface area contributed by atoms with Gasteiger partial charge in [-0.2, -0.15) is 0 Å². The maximum atomic E-state index is 13.6. The molecule has 1 N–H and O–H groups in total. The van der Waals surface area contributed by atoms with Crippen molar-refractivity contribution in [1.82, 2.24) is 5.32 Å². The van der Waals surface area contributed by atoms with Gasteiger partial charge in [-0.3, -0.25) is 4.79 Å². The molecule has 1 fully saturated rings. The molecular weight excluding hydrogens is 339 g/mol. The third-order valence-corrected chi connectivity index (χ3v) is 5.37. The van der Waals surface area contributed by atoms with E-state index in [-0.39, 0.29) is 24.2 Å². The summed E-state index contributed by atoms with van der Waals surface area (Å²) in [5, 5.41) is 3.02. The number of carbonyl (C=O) groups excluding carboxylic acids is 1. The zero-order chi connectivity index (χ0) is 19.2. The van der Waals surface area contributed by atoms with Crippen molar-refractivity contribution < 1.29 is 9.18 Å². The van der Waals surface area contributed by atoms with Crippen LogP contribution in [0, 0.1) is 11.7 Å². The molecule has 2 unspecified atom stereocenters. The summed E-state index contributed by atoms with van der Waals surface area (Å²) in [5.74, 6) is 0.437. The van der Waals surface area contributed by atoms with Gasteiger partial charge in [-0.1, -0.05) is 37.3 Å². The zero-order valence-electron chi connectivity index (χ0n) is 16.2. The first kappa shape index (κ1) is 19.4. The fourth-order valence-corrected chi connectivity index (χ4v) is 3.74. The molecule has 2 aromatic rings. The van der Waals surface area contributed by atoms with Gasteiger partial charge in [0.2, 0.25) is 5.91 Å². The number of halogens is 1. The van der Waals surface area contributed by atoms with E-state index in [0.717, 1.165) is 24.6 Å². The van der Waals surface area contributed by atoms with Gasteiger partial charge in [-0.05, 0) is 61.4 Å². The molecule has 0 spiro atoms. The predicted molar refractivity (Wildman–Crippen MR) is 108 cm³/mol. The first-order chi connectivity index (χ1) is 13.0. The van der Waals surface area contributed by atoms with Crippen LogP contribution < -0.4 is 10.2 Å². The van der Waals surface area contributed by atoms with Crippen molar-refractivity contribution in [2.45, 2.75) is 45.6 Å². The van der Waals surface area contributed by atoms with Crippen LogP contribution >= 0.6 is 0 Å². The van der Waals surface area contributed by atoms with Crippen molar-refractivity contribution in [2.75, 3.05) is 18.0 Å². The molecule has 1 amide bonds. The molecule has 4 heteroatoms. The summed E-state index contributed by atoms with van der Waals surface area (Å²) in [6.45, 7) is 6.52. The number of hydrogen-bond donors (Lipinski definition) is 1. The van der Waals surface area contributed by atoms with Gasteiger partial charge >= 0.3 is 0 Å². The lowest BCUT2D eigenvalue weighted by Gasteiger charge is -2.33. The van der Waals surface area contributed by atoms with E-state index in [4.69, 9.17) is 0 Å². The molecule has 144 valence electrons. The molecule has 1 saturated heterocycles. The highest BCUT2D eigenvalue weighted by Gasteiger charge is 2.17. The fraction of sp³-hybridized carbons (Fsp3) is 0.435. The van der Waals surface area contributed by atoms with Crippen LogP contribution in [0.5, 0.6) is 0 Å². The minimum Gasteiger partial charge on any atom is -0.371 e. The standard InChI is InChI=1S/C23H29FN2O/c1-17-6-5-15-26(16-17)21-12-9-19(10-13-21)18(2)25-23(27)14-11-20-7-3-4-8-22(20)24/h3-4,7-10,12-13,17-18H,5-6,11,14-16H2,1-2H3,(H,25,27). The number of rotatable bonds is 6. The van der Waals surface area contributed by atoms with Gasteiger partial charge in [0, 0.05) is 25.2 Å². The van der Waals surface area contributed by atoms with Crippen LogP contribution in [0.1, 0.15) is 50.3 Å². The van der Waals surface area contributed by atoms with Crippen molar-refractivity contribution in [3.8, 4) is 0 Å². The van der Waals surface area contributed by atoms with E-state index in [0.29, 0.717) is 12.0 Å². The number of anilines is 1. The first-order valence-electron chi connectivity index (χ1n) is 9.90. The molecule has 1 aliphatic heterocycles. The fourth-order valence-electron chi connectivity index (χ4n) is 3.74. The highest BCUT2D eigenvalue weighted by atomic mass is 19.1. The minimum absolute atomic E-state index is 0.0558. The van der Waals surface area contributed by atoms with E-state index in [2.05, 4.69) is 41.4 Å². The Morgan fingerprint density at radius 2 is 1.96 bits per heavy atom. The van der Waals surface area contributed by atoms with Crippen LogP contribution in [0.4, 0.5) is 10.1 Å². The third-order valence-electron chi connectivity index (χ3n) is 5.37. The summed E-state index contributed by atoms with van der Waals surface area (Å²) in [7, 11) is 0. The number of hydrogen-bond acceptors (Lipinski definition) is 2. The van der Waals surface area contributed by atoms with Gasteiger partial charge < -0.3 is 10.2 Å². The third kappa shape index (κ3) is 5.31. The summed E-state index contributed by atoms with van der Waals surface area (Å²) in [6.07, 6.45) is 3.26. The number of nitrogens with zero attached hydrogens (tertiary/aromatic N) is 1. The van der Waals surface area contributed by atoms with E-state index >= 15 is 0 Å². The molecule has 2 atom stereocenters. The lowest BCUT2D eigenvalue weighted by molar-refractivity contribution is -0.121. The molecule has 2 aromatic carbocycles. The Balaban J connectivity index is 1.52. The van der Waals surface area contributed by atoms with Gasteiger partial charge in [-0.25, -0.2) is 4.39 Å². The molecule has 1 heterocycles. The number of nitrogens with one attached hydrogen (secondary N) is 1. The molecule has 0 saturated carbocycles. The number of piperidine rings is 1. The molecule has 3 rings (SSSR count). The van der Waals surface area contributed by atoms with Gasteiger partial charge in [0.1, 0.15) is 5.82 Å². The van der Waals surface area contributed by atoms with Gasteiger partial charge in [0.25, 0.3) is 0 Å². The van der Waals surface area contributed by atoms with E-state index in [1.165, 1.54) is 24.6 Å². The Hall–Kier alpha value is -2.36. The van der Waals surface area contributed by atoms with Crippen molar-refractivity contribution >= 4 is 11.6 Å². The Bertz CT molecular complexity index is 759. The van der Waals surface area contributed by atoms with Crippen LogP contribution in [0.25, 0.3) is 0 Å². The molecular formula is C23H29FN2O. The highest BCUT2D eigenvalue weighted by molar-refractivity contribution is 5.76. The number of benzene rings is 2. The van der Waals surface area contributed by atoms with E-state index in [1.54, 1.807) is 18.2 Å². The molecule has 1 aliphatic rings. The summed E-state index contributed by atoms with van der Waals surface area (Å²) in [4.78, 5) is 14.7. The van der Waals surface area contributed by atoms with Crippen molar-refractivity contribution in [1.29, 1.82) is 0 Å². The minimum atomic E-state index is -0.249. The molecule has 0 radical (unpaired) electrons. The predicted octanol–water partition coefficient (Wildman–Crippen LogP) is 4.87. The number of aryl methyl sites for hydroxylation is 1. The SMILES string of the molecule is CC1CCCN(c2ccc(C(C)NC(=O)CCc3ccccc3F)cc2)C1. The second-order valence-electron chi connectivity index (χ2n) is 7.67. The monoisotopic (exact) mass is 368 g/mol. The summed E-state index contributed by atoms with van der Waals surface area (Å²) in [6, 6.07) is 15.0. The topological polar surface area (TPSA) is 32.3 Å². The van der Waals surface area contributed by atoms with Crippen molar-refractivity contribution in [2.24, 2.45) is 5.92 Å². The van der Waals surface area contributed by atoms with Gasteiger partial charge in [0.15, 0.2) is 0 Å². The van der Waals surface area contributed by atoms with E-state index in [1.807, 2.05) is 6.92 Å². The zero-order valence-corrected chi connectivity index (χ0v) is 16.2. The second kappa shape index (κ2) is 9.03. The van der Waals surface area contributed by atoms with E-state index in [9.17, 15) is 9.18 Å². The molecule has 0 bridgehead atoms. The summed E-state index contributed by atoms with van der Waals surface area (Å²) >= 11 is 0. The van der Waals surface area contributed by atoms with Crippen molar-refractivity contribution in [3.05, 3.63) is 65.5 Å². The van der Waals surface area contributed by atoms with Crippen LogP contribution in [0.15, 0.2) is 48.5 Å². The molecule has 3 nitrogen and oxygen atoms in total. The summed E-state index contributed by atoms with van der Waals surface area (Å²) < 4.78 is 13.6. The Morgan fingerprint density at radius 1 is 1.22 bits per heavy atom.